The van der Waals surface area contributed by atoms with Crippen LogP contribution in [0.4, 0.5) is 16.5 Å². The highest BCUT2D eigenvalue weighted by atomic mass is 32.1. The van der Waals surface area contributed by atoms with Gasteiger partial charge in [-0.05, 0) is 6.07 Å². The van der Waals surface area contributed by atoms with Gasteiger partial charge in [-0.3, -0.25) is 14.9 Å². The third kappa shape index (κ3) is 2.50. The van der Waals surface area contributed by atoms with E-state index in [0.717, 1.165) is 4.88 Å². The number of nitrogen functional groups attached to an aromatic ring is 1. The third-order valence-corrected chi connectivity index (χ3v) is 3.79. The van der Waals surface area contributed by atoms with Gasteiger partial charge in [-0.1, -0.05) is 0 Å². The Kier molecular flexibility index (Phi) is 3.18. The zero-order valence-corrected chi connectivity index (χ0v) is 11.5. The van der Waals surface area contributed by atoms with Crippen LogP contribution in [0.5, 0.6) is 5.75 Å². The van der Waals surface area contributed by atoms with Crippen LogP contribution in [0.3, 0.4) is 0 Å². The van der Waals surface area contributed by atoms with Crippen molar-refractivity contribution in [3.05, 3.63) is 39.4 Å². The molecular formula is C12H10N4O4S. The quantitative estimate of drug-likeness (QED) is 0.680. The third-order valence-electron chi connectivity index (χ3n) is 2.98. The van der Waals surface area contributed by atoms with E-state index in [9.17, 15) is 14.9 Å². The molecule has 1 aliphatic heterocycles. The fourth-order valence-corrected chi connectivity index (χ4v) is 2.70. The number of non-ortho nitro benzene ring substituents is 1. The predicted octanol–water partition coefficient (Wildman–Crippen LogP) is 1.56. The molecule has 0 saturated carbocycles. The van der Waals surface area contributed by atoms with E-state index in [-0.39, 0.29) is 24.7 Å². The maximum Gasteiger partial charge on any atom is 0.271 e. The molecule has 108 valence electrons. The van der Waals surface area contributed by atoms with Crippen molar-refractivity contribution in [2.45, 2.75) is 6.54 Å². The Morgan fingerprint density at radius 1 is 1.52 bits per heavy atom. The Labute approximate surface area is 122 Å². The largest absolute Gasteiger partial charge is 0.482 e. The number of hydrogen-bond donors (Lipinski definition) is 1. The van der Waals surface area contributed by atoms with Crippen LogP contribution in [0, 0.1) is 10.1 Å². The molecule has 0 fully saturated rings. The van der Waals surface area contributed by atoms with E-state index in [1.807, 2.05) is 0 Å². The maximum absolute atomic E-state index is 12.0. The van der Waals surface area contributed by atoms with Crippen molar-refractivity contribution in [1.29, 1.82) is 0 Å². The molecule has 1 amide bonds. The summed E-state index contributed by atoms with van der Waals surface area (Å²) in [5, 5.41) is 11.3. The Morgan fingerprint density at radius 3 is 3.00 bits per heavy atom. The summed E-state index contributed by atoms with van der Waals surface area (Å²) >= 11 is 1.27. The minimum Gasteiger partial charge on any atom is -0.482 e. The first-order chi connectivity index (χ1) is 10.0. The van der Waals surface area contributed by atoms with E-state index in [0.29, 0.717) is 16.6 Å². The molecule has 8 nitrogen and oxygen atoms in total. The molecular weight excluding hydrogens is 296 g/mol. The summed E-state index contributed by atoms with van der Waals surface area (Å²) in [5.74, 6) is 0.174. The summed E-state index contributed by atoms with van der Waals surface area (Å²) < 4.78 is 5.29. The summed E-state index contributed by atoms with van der Waals surface area (Å²) in [7, 11) is 0. The Morgan fingerprint density at radius 2 is 2.33 bits per heavy atom. The minimum atomic E-state index is -0.512. The molecule has 1 aromatic heterocycles. The smallest absolute Gasteiger partial charge is 0.271 e. The standard InChI is InChI=1S/C12H10N4O4S/c13-12-14-4-8(21-12)5-15-9-3-7(16(18)19)1-2-10(9)20-6-11(15)17/h1-4H,5-6H2,(H2,13,14). The molecule has 0 atom stereocenters. The lowest BCUT2D eigenvalue weighted by molar-refractivity contribution is -0.384. The van der Waals surface area contributed by atoms with Gasteiger partial charge in [0.25, 0.3) is 11.6 Å². The van der Waals surface area contributed by atoms with Gasteiger partial charge in [-0.25, -0.2) is 4.98 Å². The molecule has 2 heterocycles. The van der Waals surface area contributed by atoms with Gasteiger partial charge in [0.15, 0.2) is 11.7 Å². The van der Waals surface area contributed by atoms with Crippen molar-refractivity contribution in [1.82, 2.24) is 4.98 Å². The number of carbonyl (C=O) groups is 1. The van der Waals surface area contributed by atoms with E-state index < -0.39 is 4.92 Å². The number of nitro benzene ring substituents is 1. The van der Waals surface area contributed by atoms with Crippen LogP contribution in [-0.2, 0) is 11.3 Å². The van der Waals surface area contributed by atoms with Crippen LogP contribution in [0.15, 0.2) is 24.4 Å². The van der Waals surface area contributed by atoms with Gasteiger partial charge in [0.05, 0.1) is 17.2 Å². The predicted molar refractivity (Wildman–Crippen MR) is 76.3 cm³/mol. The van der Waals surface area contributed by atoms with E-state index >= 15 is 0 Å². The lowest BCUT2D eigenvalue weighted by atomic mass is 10.2. The monoisotopic (exact) mass is 306 g/mol. The molecule has 0 aliphatic carbocycles. The minimum absolute atomic E-state index is 0.0964. The van der Waals surface area contributed by atoms with Crippen molar-refractivity contribution >= 4 is 33.8 Å². The van der Waals surface area contributed by atoms with E-state index in [2.05, 4.69) is 4.98 Å². The number of carbonyl (C=O) groups excluding carboxylic acids is 1. The van der Waals surface area contributed by atoms with E-state index in [1.54, 1.807) is 6.20 Å². The number of benzene rings is 1. The SMILES string of the molecule is Nc1ncc(CN2C(=O)COc3ccc([N+](=O)[O-])cc32)s1. The summed E-state index contributed by atoms with van der Waals surface area (Å²) in [4.78, 5) is 28.6. The fraction of sp³-hybridized carbons (Fsp3) is 0.167. The molecule has 2 N–H and O–H groups in total. The van der Waals surface area contributed by atoms with Gasteiger partial charge in [0.2, 0.25) is 0 Å². The Bertz CT molecular complexity index is 730. The molecule has 0 bridgehead atoms. The molecule has 1 aromatic carbocycles. The molecule has 0 unspecified atom stereocenters. The van der Waals surface area contributed by atoms with Gasteiger partial charge < -0.3 is 15.4 Å². The number of thiazole rings is 1. The normalized spacial score (nSPS) is 13.7. The second-order valence-corrected chi connectivity index (χ2v) is 5.49. The highest BCUT2D eigenvalue weighted by Gasteiger charge is 2.28. The zero-order chi connectivity index (χ0) is 15.0. The average Bonchev–Trinajstić information content (AvgIpc) is 2.87. The first-order valence-corrected chi connectivity index (χ1v) is 6.78. The molecule has 0 spiro atoms. The van der Waals surface area contributed by atoms with Gasteiger partial charge in [0.1, 0.15) is 5.75 Å². The lowest BCUT2D eigenvalue weighted by Crippen LogP contribution is -2.38. The highest BCUT2D eigenvalue weighted by Crippen LogP contribution is 2.36. The number of aromatic nitrogens is 1. The number of rotatable bonds is 3. The molecule has 1 aliphatic rings. The Balaban J connectivity index is 1.99. The van der Waals surface area contributed by atoms with Gasteiger partial charge >= 0.3 is 0 Å². The van der Waals surface area contributed by atoms with Crippen LogP contribution in [0.1, 0.15) is 4.88 Å². The van der Waals surface area contributed by atoms with Crippen molar-refractivity contribution in [3.63, 3.8) is 0 Å². The maximum atomic E-state index is 12.0. The van der Waals surface area contributed by atoms with E-state index in [4.69, 9.17) is 10.5 Å². The van der Waals surface area contributed by atoms with Gasteiger partial charge in [-0.2, -0.15) is 0 Å². The number of hydrogen-bond acceptors (Lipinski definition) is 7. The number of nitrogens with two attached hydrogens (primary N) is 1. The zero-order valence-electron chi connectivity index (χ0n) is 10.7. The summed E-state index contributed by atoms with van der Waals surface area (Å²) in [6.07, 6.45) is 1.58. The molecule has 21 heavy (non-hydrogen) atoms. The lowest BCUT2D eigenvalue weighted by Gasteiger charge is -2.28. The van der Waals surface area contributed by atoms with Crippen LogP contribution < -0.4 is 15.4 Å². The average molecular weight is 306 g/mol. The summed E-state index contributed by atoms with van der Waals surface area (Å²) in [6, 6.07) is 4.17. The van der Waals surface area contributed by atoms with Crippen LogP contribution in [0.2, 0.25) is 0 Å². The van der Waals surface area contributed by atoms with Crippen molar-refractivity contribution in [2.75, 3.05) is 17.2 Å². The highest BCUT2D eigenvalue weighted by molar-refractivity contribution is 7.15. The van der Waals surface area contributed by atoms with Crippen molar-refractivity contribution in [2.24, 2.45) is 0 Å². The first kappa shape index (κ1) is 13.3. The van der Waals surface area contributed by atoms with Gasteiger partial charge in [0, 0.05) is 23.2 Å². The summed E-state index contributed by atoms with van der Waals surface area (Å²) in [5.41, 5.74) is 5.85. The van der Waals surface area contributed by atoms with Crippen molar-refractivity contribution in [3.8, 4) is 5.75 Å². The van der Waals surface area contributed by atoms with Gasteiger partial charge in [-0.15, -0.1) is 11.3 Å². The Hall–Kier alpha value is -2.68. The fourth-order valence-electron chi connectivity index (χ4n) is 2.03. The van der Waals surface area contributed by atoms with Crippen molar-refractivity contribution < 1.29 is 14.5 Å². The summed E-state index contributed by atoms with van der Waals surface area (Å²) in [6.45, 7) is 0.157. The second kappa shape index (κ2) is 5.02. The first-order valence-electron chi connectivity index (χ1n) is 5.96. The molecule has 2 aromatic rings. The second-order valence-electron chi connectivity index (χ2n) is 4.34. The number of ether oxygens (including phenoxy) is 1. The number of amides is 1. The molecule has 9 heteroatoms. The number of anilines is 2. The van der Waals surface area contributed by atoms with Crippen LogP contribution in [0.25, 0.3) is 0 Å². The molecule has 0 radical (unpaired) electrons. The molecule has 3 rings (SSSR count). The molecule has 0 saturated heterocycles. The van der Waals surface area contributed by atoms with E-state index in [1.165, 1.54) is 34.4 Å². The van der Waals surface area contributed by atoms with Crippen LogP contribution >= 0.6 is 11.3 Å². The number of fused-ring (bicyclic) bond motifs is 1. The topological polar surface area (TPSA) is 112 Å². The number of nitrogens with zero attached hydrogens (tertiary/aromatic N) is 3. The number of nitro groups is 1. The van der Waals surface area contributed by atoms with Crippen LogP contribution in [-0.4, -0.2) is 22.4 Å².